The summed E-state index contributed by atoms with van der Waals surface area (Å²) in [6.45, 7) is 0. The van der Waals surface area contributed by atoms with E-state index in [1.165, 1.54) is 18.6 Å². The average molecular weight is 445 g/mol. The van der Waals surface area contributed by atoms with Gasteiger partial charge in [-0.1, -0.05) is 23.7 Å². The lowest BCUT2D eigenvalue weighted by Crippen LogP contribution is -2.02. The predicted molar refractivity (Wildman–Crippen MR) is 117 cm³/mol. The smallest absolute Gasteiger partial charge is 0.248 e. The van der Waals surface area contributed by atoms with Crippen molar-refractivity contribution in [3.05, 3.63) is 88.3 Å². The zero-order chi connectivity index (χ0) is 21.9. The molecule has 5 aromatic rings. The van der Waals surface area contributed by atoms with Crippen molar-refractivity contribution in [1.29, 1.82) is 0 Å². The summed E-state index contributed by atoms with van der Waals surface area (Å²) in [5.74, 6) is 1.43. The van der Waals surface area contributed by atoms with E-state index < -0.39 is 0 Å². The largest absolute Gasteiger partial charge is 0.417 e. The van der Waals surface area contributed by atoms with Crippen LogP contribution in [-0.4, -0.2) is 39.9 Å². The van der Waals surface area contributed by atoms with Gasteiger partial charge in [-0.2, -0.15) is 0 Å². The Labute approximate surface area is 185 Å². The van der Waals surface area contributed by atoms with Gasteiger partial charge in [0.2, 0.25) is 17.3 Å². The maximum atomic E-state index is 11.5. The number of aromatic amines is 1. The molecule has 0 amide bonds. The van der Waals surface area contributed by atoms with Crippen molar-refractivity contribution in [3.63, 3.8) is 0 Å². The first-order valence-corrected chi connectivity index (χ1v) is 9.74. The number of nitrogens with one attached hydrogen (secondary N) is 1. The molecule has 0 saturated carbocycles. The molecule has 0 aliphatic rings. The van der Waals surface area contributed by atoms with E-state index in [1.807, 2.05) is 18.2 Å². The van der Waals surface area contributed by atoms with Gasteiger partial charge in [0, 0.05) is 30.1 Å². The normalized spacial score (nSPS) is 11.3. The van der Waals surface area contributed by atoms with Gasteiger partial charge in [0.25, 0.3) is 0 Å². The summed E-state index contributed by atoms with van der Waals surface area (Å²) in [4.78, 5) is 22.3. The SMILES string of the molecule is O=c1cc(-c2nnc(/C=C/c3nnc(-c4ccncn4)n3-c3ccccc3Cl)o2)cc[nH]1. The minimum absolute atomic E-state index is 0.227. The Morgan fingerprint density at radius 2 is 1.94 bits per heavy atom. The molecular weight excluding hydrogens is 432 g/mol. The molecule has 5 rings (SSSR count). The zero-order valence-corrected chi connectivity index (χ0v) is 17.0. The quantitative estimate of drug-likeness (QED) is 0.437. The highest BCUT2D eigenvalue weighted by atomic mass is 35.5. The third-order valence-corrected chi connectivity index (χ3v) is 4.75. The average Bonchev–Trinajstić information content (AvgIpc) is 3.46. The number of aromatic nitrogens is 8. The molecule has 0 saturated heterocycles. The first-order valence-electron chi connectivity index (χ1n) is 9.36. The molecular formula is C21H13ClN8O2. The van der Waals surface area contributed by atoms with Crippen LogP contribution in [0.2, 0.25) is 5.02 Å². The number of H-pyrrole nitrogens is 1. The number of benzene rings is 1. The van der Waals surface area contributed by atoms with Crippen molar-refractivity contribution in [2.75, 3.05) is 0 Å². The predicted octanol–water partition coefficient (Wildman–Crippen LogP) is 3.29. The first-order chi connectivity index (χ1) is 15.7. The van der Waals surface area contributed by atoms with Gasteiger partial charge in [0.05, 0.1) is 10.7 Å². The van der Waals surface area contributed by atoms with Crippen molar-refractivity contribution in [2.24, 2.45) is 0 Å². The fourth-order valence-corrected chi connectivity index (χ4v) is 3.23. The Morgan fingerprint density at radius 3 is 2.75 bits per heavy atom. The molecule has 0 aliphatic carbocycles. The highest BCUT2D eigenvalue weighted by molar-refractivity contribution is 6.32. The van der Waals surface area contributed by atoms with E-state index in [-0.39, 0.29) is 17.3 Å². The number of hydrogen-bond acceptors (Lipinski definition) is 8. The fourth-order valence-electron chi connectivity index (χ4n) is 3.01. The van der Waals surface area contributed by atoms with Crippen LogP contribution in [0.1, 0.15) is 11.7 Å². The molecule has 0 atom stereocenters. The third-order valence-electron chi connectivity index (χ3n) is 4.43. The van der Waals surface area contributed by atoms with E-state index in [9.17, 15) is 4.79 Å². The molecule has 4 aromatic heterocycles. The second kappa shape index (κ2) is 8.36. The van der Waals surface area contributed by atoms with Gasteiger partial charge in [-0.25, -0.2) is 9.97 Å². The lowest BCUT2D eigenvalue weighted by molar-refractivity contribution is 0.557. The van der Waals surface area contributed by atoms with Crippen molar-refractivity contribution in [3.8, 4) is 28.7 Å². The Morgan fingerprint density at radius 1 is 1.03 bits per heavy atom. The zero-order valence-electron chi connectivity index (χ0n) is 16.3. The molecule has 10 nitrogen and oxygen atoms in total. The van der Waals surface area contributed by atoms with Crippen LogP contribution >= 0.6 is 11.6 Å². The van der Waals surface area contributed by atoms with Gasteiger partial charge >= 0.3 is 0 Å². The van der Waals surface area contributed by atoms with E-state index in [1.54, 1.807) is 41.1 Å². The van der Waals surface area contributed by atoms with Crippen molar-refractivity contribution < 1.29 is 4.42 Å². The Kier molecular flexibility index (Phi) is 5.10. The van der Waals surface area contributed by atoms with Gasteiger partial charge in [-0.3, -0.25) is 9.36 Å². The Bertz CT molecular complexity index is 1470. The van der Waals surface area contributed by atoms with Gasteiger partial charge in [-0.05, 0) is 30.3 Å². The number of pyridine rings is 1. The molecule has 0 unspecified atom stereocenters. The summed E-state index contributed by atoms with van der Waals surface area (Å²) in [5.41, 5.74) is 1.53. The standard InChI is InChI=1S/C21H13ClN8O2/c22-14-3-1-2-4-16(14)30-17(26-28-20(30)15-8-9-23-12-25-15)5-6-19-27-29-21(32-19)13-7-10-24-18(31)11-13/h1-12H,(H,24,31)/b6-5+. The summed E-state index contributed by atoms with van der Waals surface area (Å²) in [6.07, 6.45) is 7.85. The van der Waals surface area contributed by atoms with Crippen molar-refractivity contribution in [2.45, 2.75) is 0 Å². The molecule has 0 bridgehead atoms. The molecule has 0 fully saturated rings. The van der Waals surface area contributed by atoms with Gasteiger partial charge in [0.15, 0.2) is 11.6 Å². The highest BCUT2D eigenvalue weighted by Gasteiger charge is 2.17. The minimum Gasteiger partial charge on any atom is -0.417 e. The second-order valence-electron chi connectivity index (χ2n) is 6.48. The molecule has 0 aliphatic heterocycles. The maximum Gasteiger partial charge on any atom is 0.248 e. The molecule has 4 heterocycles. The van der Waals surface area contributed by atoms with E-state index >= 15 is 0 Å². The second-order valence-corrected chi connectivity index (χ2v) is 6.89. The number of rotatable bonds is 5. The van der Waals surface area contributed by atoms with E-state index in [0.29, 0.717) is 33.6 Å². The van der Waals surface area contributed by atoms with Crippen LogP contribution in [0, 0.1) is 0 Å². The molecule has 1 aromatic carbocycles. The summed E-state index contributed by atoms with van der Waals surface area (Å²) in [6, 6.07) is 12.1. The topological polar surface area (TPSA) is 128 Å². The van der Waals surface area contributed by atoms with Crippen molar-refractivity contribution >= 4 is 23.8 Å². The minimum atomic E-state index is -0.261. The van der Waals surface area contributed by atoms with Crippen LogP contribution in [-0.2, 0) is 0 Å². The summed E-state index contributed by atoms with van der Waals surface area (Å²) in [7, 11) is 0. The lowest BCUT2D eigenvalue weighted by atomic mass is 10.3. The molecule has 156 valence electrons. The van der Waals surface area contributed by atoms with Crippen LogP contribution in [0.3, 0.4) is 0 Å². The van der Waals surface area contributed by atoms with Crippen molar-refractivity contribution in [1.82, 2.24) is 39.9 Å². The molecule has 0 spiro atoms. The molecule has 11 heteroatoms. The van der Waals surface area contributed by atoms with Gasteiger partial charge < -0.3 is 9.40 Å². The van der Waals surface area contributed by atoms with Crippen LogP contribution in [0.25, 0.3) is 40.8 Å². The van der Waals surface area contributed by atoms with Crippen LogP contribution in [0.4, 0.5) is 0 Å². The molecule has 32 heavy (non-hydrogen) atoms. The van der Waals surface area contributed by atoms with Crippen LogP contribution < -0.4 is 5.56 Å². The van der Waals surface area contributed by atoms with E-state index in [2.05, 4.69) is 35.3 Å². The highest BCUT2D eigenvalue weighted by Crippen LogP contribution is 2.27. The van der Waals surface area contributed by atoms with Gasteiger partial charge in [-0.15, -0.1) is 20.4 Å². The monoisotopic (exact) mass is 444 g/mol. The number of hydrogen-bond donors (Lipinski definition) is 1. The number of halogens is 1. The summed E-state index contributed by atoms with van der Waals surface area (Å²) in [5, 5.41) is 17.1. The van der Waals surface area contributed by atoms with E-state index in [4.69, 9.17) is 16.0 Å². The Hall–Kier alpha value is -4.44. The lowest BCUT2D eigenvalue weighted by Gasteiger charge is -2.10. The molecule has 1 N–H and O–H groups in total. The number of nitrogens with zero attached hydrogens (tertiary/aromatic N) is 7. The van der Waals surface area contributed by atoms with Crippen LogP contribution in [0.5, 0.6) is 0 Å². The summed E-state index contributed by atoms with van der Waals surface area (Å²) < 4.78 is 7.41. The third kappa shape index (κ3) is 3.82. The maximum absolute atomic E-state index is 11.5. The van der Waals surface area contributed by atoms with E-state index in [0.717, 1.165) is 0 Å². The van der Waals surface area contributed by atoms with Crippen LogP contribution in [0.15, 0.2) is 70.4 Å². The fraction of sp³-hybridized carbons (Fsp3) is 0. The first kappa shape index (κ1) is 19.5. The molecule has 0 radical (unpaired) electrons. The Balaban J connectivity index is 1.55. The summed E-state index contributed by atoms with van der Waals surface area (Å²) >= 11 is 6.45. The number of para-hydroxylation sites is 1. The van der Waals surface area contributed by atoms with Gasteiger partial charge in [0.1, 0.15) is 12.0 Å².